The number of thiophene rings is 1. The second kappa shape index (κ2) is 4.72. The van der Waals surface area contributed by atoms with E-state index in [0.29, 0.717) is 5.56 Å². The van der Waals surface area contributed by atoms with Crippen LogP contribution < -0.4 is 4.72 Å². The van der Waals surface area contributed by atoms with E-state index in [2.05, 4.69) is 10.8 Å². The highest BCUT2D eigenvalue weighted by atomic mass is 32.2. The summed E-state index contributed by atoms with van der Waals surface area (Å²) in [4.78, 5) is 0. The Balaban J connectivity index is 2.46. The number of nitrogens with one attached hydrogen (secondary N) is 1. The summed E-state index contributed by atoms with van der Waals surface area (Å²) in [7, 11) is 0. The Morgan fingerprint density at radius 2 is 2.38 bits per heavy atom. The molecule has 1 heterocycles. The van der Waals surface area contributed by atoms with Crippen LogP contribution in [0.5, 0.6) is 0 Å². The molecule has 0 aliphatic rings. The molecule has 0 bridgehead atoms. The maximum atomic E-state index is 10.4. The molecule has 0 radical (unpaired) electrons. The Hall–Kier alpha value is -1.26. The lowest BCUT2D eigenvalue weighted by Gasteiger charge is -2.06. The molecule has 6 heteroatoms. The normalized spacial score (nSPS) is 12.5. The third-order valence-corrected chi connectivity index (χ3v) is 3.55. The van der Waals surface area contributed by atoms with E-state index in [1.807, 2.05) is 17.5 Å². The zero-order chi connectivity index (χ0) is 11.5. The molecule has 16 heavy (non-hydrogen) atoms. The van der Waals surface area contributed by atoms with Gasteiger partial charge in [0.1, 0.15) is 0 Å². The van der Waals surface area contributed by atoms with Crippen molar-refractivity contribution in [3.63, 3.8) is 0 Å². The number of hydrogen-bond donors (Lipinski definition) is 1. The van der Waals surface area contributed by atoms with Gasteiger partial charge in [-0.1, -0.05) is 6.07 Å². The molecule has 1 atom stereocenters. The largest absolute Gasteiger partial charge is 0.760 e. The molecule has 0 amide bonds. The smallest absolute Gasteiger partial charge is 0.0998 e. The van der Waals surface area contributed by atoms with Crippen LogP contribution in [-0.4, -0.2) is 8.76 Å². The standard InChI is InChI=1S/C10H8N2O2S2/c11-4-7-2-1-3-9-10(7)8(6-15-9)5-12-16(13)14/h1-3,6,12H,5H2,(H,13,14)/p-1. The predicted molar refractivity (Wildman–Crippen MR) is 62.3 cm³/mol. The van der Waals surface area contributed by atoms with E-state index < -0.39 is 11.3 Å². The van der Waals surface area contributed by atoms with Crippen molar-refractivity contribution in [2.45, 2.75) is 6.54 Å². The number of nitriles is 1. The first kappa shape index (κ1) is 11.2. The molecular formula is C10H7N2O2S2-. The van der Waals surface area contributed by atoms with Gasteiger partial charge in [0.25, 0.3) is 0 Å². The van der Waals surface area contributed by atoms with Crippen LogP contribution in [0.3, 0.4) is 0 Å². The summed E-state index contributed by atoms with van der Waals surface area (Å²) in [6.07, 6.45) is 0. The molecule has 0 aliphatic heterocycles. The number of fused-ring (bicyclic) bond motifs is 1. The number of hydrogen-bond acceptors (Lipinski definition) is 4. The summed E-state index contributed by atoms with van der Waals surface area (Å²) in [6, 6.07) is 7.57. The molecule has 0 saturated carbocycles. The molecular weight excluding hydrogens is 244 g/mol. The molecule has 1 N–H and O–H groups in total. The van der Waals surface area contributed by atoms with Crippen molar-refractivity contribution in [3.05, 3.63) is 34.7 Å². The van der Waals surface area contributed by atoms with Crippen molar-refractivity contribution >= 4 is 32.7 Å². The van der Waals surface area contributed by atoms with E-state index >= 15 is 0 Å². The first-order valence-corrected chi connectivity index (χ1v) is 6.40. The first-order chi connectivity index (χ1) is 7.72. The minimum atomic E-state index is -2.28. The van der Waals surface area contributed by atoms with Gasteiger partial charge in [0.2, 0.25) is 0 Å². The van der Waals surface area contributed by atoms with Gasteiger partial charge in [0.05, 0.1) is 11.6 Å². The van der Waals surface area contributed by atoms with Crippen molar-refractivity contribution in [2.24, 2.45) is 0 Å². The topological polar surface area (TPSA) is 76.0 Å². The Bertz CT molecular complexity index is 586. The monoisotopic (exact) mass is 251 g/mol. The average molecular weight is 251 g/mol. The number of rotatable bonds is 3. The van der Waals surface area contributed by atoms with Gasteiger partial charge < -0.3 is 4.55 Å². The molecule has 1 unspecified atom stereocenters. The summed E-state index contributed by atoms with van der Waals surface area (Å²) in [5.74, 6) is 0. The van der Waals surface area contributed by atoms with Crippen molar-refractivity contribution in [1.82, 2.24) is 4.72 Å². The maximum Gasteiger partial charge on any atom is 0.0998 e. The first-order valence-electron chi connectivity index (χ1n) is 4.44. The van der Waals surface area contributed by atoms with Gasteiger partial charge >= 0.3 is 0 Å². The van der Waals surface area contributed by atoms with E-state index in [-0.39, 0.29) is 6.54 Å². The highest BCUT2D eigenvalue weighted by Gasteiger charge is 2.07. The minimum absolute atomic E-state index is 0.217. The fourth-order valence-electron chi connectivity index (χ4n) is 1.51. The summed E-state index contributed by atoms with van der Waals surface area (Å²) >= 11 is -0.777. The van der Waals surface area contributed by atoms with Crippen molar-refractivity contribution in [3.8, 4) is 6.07 Å². The van der Waals surface area contributed by atoms with Crippen LogP contribution in [0.25, 0.3) is 10.1 Å². The Morgan fingerprint density at radius 3 is 3.06 bits per heavy atom. The van der Waals surface area contributed by atoms with Gasteiger partial charge in [-0.15, -0.1) is 11.3 Å². The van der Waals surface area contributed by atoms with Crippen LogP contribution in [0.4, 0.5) is 0 Å². The van der Waals surface area contributed by atoms with Gasteiger partial charge in [-0.25, -0.2) is 4.72 Å². The fourth-order valence-corrected chi connectivity index (χ4v) is 2.77. The highest BCUT2D eigenvalue weighted by Crippen LogP contribution is 2.28. The quantitative estimate of drug-likeness (QED) is 0.843. The highest BCUT2D eigenvalue weighted by molar-refractivity contribution is 7.77. The lowest BCUT2D eigenvalue weighted by molar-refractivity contribution is 0.523. The number of nitrogens with zero attached hydrogens (tertiary/aromatic N) is 1. The van der Waals surface area contributed by atoms with Crippen LogP contribution >= 0.6 is 11.3 Å². The summed E-state index contributed by atoms with van der Waals surface area (Å²) in [5.41, 5.74) is 1.41. The molecule has 4 nitrogen and oxygen atoms in total. The Labute approximate surface area is 98.9 Å². The molecule has 0 saturated heterocycles. The summed E-state index contributed by atoms with van der Waals surface area (Å²) in [6.45, 7) is 0.217. The van der Waals surface area contributed by atoms with Crippen molar-refractivity contribution < 1.29 is 8.76 Å². The zero-order valence-electron chi connectivity index (χ0n) is 8.10. The van der Waals surface area contributed by atoms with E-state index in [0.717, 1.165) is 15.6 Å². The van der Waals surface area contributed by atoms with Crippen LogP contribution in [0.2, 0.25) is 0 Å². The second-order valence-electron chi connectivity index (χ2n) is 3.11. The van der Waals surface area contributed by atoms with Crippen LogP contribution in [0.15, 0.2) is 23.6 Å². The van der Waals surface area contributed by atoms with Crippen LogP contribution in [-0.2, 0) is 17.8 Å². The molecule has 2 aromatic rings. The molecule has 0 aliphatic carbocycles. The van der Waals surface area contributed by atoms with E-state index in [4.69, 9.17) is 5.26 Å². The molecule has 0 spiro atoms. The third kappa shape index (κ3) is 2.13. The number of benzene rings is 1. The fraction of sp³-hybridized carbons (Fsp3) is 0.100. The minimum Gasteiger partial charge on any atom is -0.760 e. The Kier molecular flexibility index (Phi) is 3.31. The lowest BCUT2D eigenvalue weighted by Crippen LogP contribution is -2.15. The van der Waals surface area contributed by atoms with Gasteiger partial charge in [-0.3, -0.25) is 4.21 Å². The molecule has 1 aromatic heterocycles. The SMILES string of the molecule is N#Cc1cccc2scc(CNS(=O)[O-])c12. The van der Waals surface area contributed by atoms with Crippen molar-refractivity contribution in [2.75, 3.05) is 0 Å². The molecule has 82 valence electrons. The van der Waals surface area contributed by atoms with Gasteiger partial charge in [-0.2, -0.15) is 5.26 Å². The Morgan fingerprint density at radius 1 is 1.56 bits per heavy atom. The predicted octanol–water partition coefficient (Wildman–Crippen LogP) is 1.66. The van der Waals surface area contributed by atoms with E-state index in [1.165, 1.54) is 11.3 Å². The molecule has 2 rings (SSSR count). The van der Waals surface area contributed by atoms with Crippen LogP contribution in [0, 0.1) is 11.3 Å². The lowest BCUT2D eigenvalue weighted by atomic mass is 10.1. The van der Waals surface area contributed by atoms with Gasteiger partial charge in [-0.05, 0) is 23.1 Å². The molecule has 0 fully saturated rings. The summed E-state index contributed by atoms with van der Waals surface area (Å²) in [5, 5.41) is 11.7. The zero-order valence-corrected chi connectivity index (χ0v) is 9.73. The van der Waals surface area contributed by atoms with E-state index in [9.17, 15) is 8.76 Å². The molecule has 1 aromatic carbocycles. The van der Waals surface area contributed by atoms with E-state index in [1.54, 1.807) is 6.07 Å². The van der Waals surface area contributed by atoms with Crippen LogP contribution in [0.1, 0.15) is 11.1 Å². The van der Waals surface area contributed by atoms with Crippen molar-refractivity contribution in [1.29, 1.82) is 5.26 Å². The van der Waals surface area contributed by atoms with Gasteiger partial charge in [0.15, 0.2) is 0 Å². The van der Waals surface area contributed by atoms with Gasteiger partial charge in [0, 0.05) is 27.9 Å². The average Bonchev–Trinajstić information content (AvgIpc) is 2.69. The third-order valence-electron chi connectivity index (χ3n) is 2.18. The summed E-state index contributed by atoms with van der Waals surface area (Å²) < 4.78 is 24.1. The maximum absolute atomic E-state index is 10.4. The second-order valence-corrected chi connectivity index (χ2v) is 4.78.